The number of hydrogen-bond donors (Lipinski definition) is 2. The van der Waals surface area contributed by atoms with E-state index >= 15 is 0 Å². The first-order chi connectivity index (χ1) is 8.60. The fourth-order valence-corrected chi connectivity index (χ4v) is 1.71. The summed E-state index contributed by atoms with van der Waals surface area (Å²) in [7, 11) is 0. The third kappa shape index (κ3) is 2.51. The van der Waals surface area contributed by atoms with E-state index in [1.54, 1.807) is 18.2 Å². The van der Waals surface area contributed by atoms with Gasteiger partial charge in [-0.25, -0.2) is 0 Å². The minimum atomic E-state index is -0.369. The summed E-state index contributed by atoms with van der Waals surface area (Å²) >= 11 is 0. The highest BCUT2D eigenvalue weighted by Gasteiger charge is 2.23. The van der Waals surface area contributed by atoms with E-state index in [2.05, 4.69) is 5.32 Å². The van der Waals surface area contributed by atoms with Crippen LogP contribution < -0.4 is 10.1 Å². The van der Waals surface area contributed by atoms with Crippen molar-refractivity contribution in [3.8, 4) is 11.5 Å². The maximum absolute atomic E-state index is 11.4. The number of phenols is 1. The molecule has 1 aliphatic heterocycles. The molecule has 2 amide bonds. The number of carbonyl (C=O) groups excluding carboxylic acids is 2. The van der Waals surface area contributed by atoms with Crippen LogP contribution in [0.4, 0.5) is 0 Å². The molecular weight excluding hydrogens is 234 g/mol. The Morgan fingerprint density at radius 3 is 2.83 bits per heavy atom. The highest BCUT2D eigenvalue weighted by Crippen LogP contribution is 2.28. The minimum absolute atomic E-state index is 0.0472. The highest BCUT2D eigenvalue weighted by molar-refractivity contribution is 6.15. The fraction of sp³-hybridized carbons (Fsp3) is 0.231. The largest absolute Gasteiger partial charge is 0.504 e. The maximum Gasteiger partial charge on any atom is 0.254 e. The normalized spacial score (nSPS) is 17.1. The second-order valence-corrected chi connectivity index (χ2v) is 3.88. The average Bonchev–Trinajstić information content (AvgIpc) is 2.62. The number of hydrogen-bond acceptors (Lipinski definition) is 4. The van der Waals surface area contributed by atoms with Crippen LogP contribution in [0.3, 0.4) is 0 Å². The Morgan fingerprint density at radius 2 is 2.22 bits per heavy atom. The summed E-state index contributed by atoms with van der Waals surface area (Å²) in [6, 6.07) is 4.77. The van der Waals surface area contributed by atoms with Gasteiger partial charge in [-0.2, -0.15) is 0 Å². The van der Waals surface area contributed by atoms with Crippen molar-refractivity contribution >= 4 is 17.9 Å². The zero-order valence-electron chi connectivity index (χ0n) is 9.90. The van der Waals surface area contributed by atoms with Crippen molar-refractivity contribution in [2.75, 3.05) is 6.61 Å². The van der Waals surface area contributed by atoms with E-state index in [-0.39, 0.29) is 24.0 Å². The number of ether oxygens (including phenoxy) is 1. The lowest BCUT2D eigenvalue weighted by molar-refractivity contribution is -0.124. The van der Waals surface area contributed by atoms with E-state index in [0.29, 0.717) is 23.5 Å². The summed E-state index contributed by atoms with van der Waals surface area (Å²) in [5.41, 5.74) is 1.12. The molecule has 0 unspecified atom stereocenters. The Kier molecular flexibility index (Phi) is 3.32. The SMILES string of the molecule is CCOc1cc(/C=C2\CC(=O)NC2=O)ccc1O. The molecule has 0 bridgehead atoms. The first-order valence-corrected chi connectivity index (χ1v) is 5.60. The van der Waals surface area contributed by atoms with Crippen LogP contribution in [0.25, 0.3) is 6.08 Å². The molecule has 5 heteroatoms. The topological polar surface area (TPSA) is 75.6 Å². The van der Waals surface area contributed by atoms with Crippen molar-refractivity contribution < 1.29 is 19.4 Å². The van der Waals surface area contributed by atoms with Gasteiger partial charge in [0.25, 0.3) is 5.91 Å². The van der Waals surface area contributed by atoms with Crippen LogP contribution in [-0.2, 0) is 9.59 Å². The van der Waals surface area contributed by atoms with Crippen molar-refractivity contribution in [2.24, 2.45) is 0 Å². The molecule has 1 aliphatic rings. The average molecular weight is 247 g/mol. The van der Waals surface area contributed by atoms with Crippen LogP contribution in [0.1, 0.15) is 18.9 Å². The second-order valence-electron chi connectivity index (χ2n) is 3.88. The number of benzene rings is 1. The molecule has 1 fully saturated rings. The lowest BCUT2D eigenvalue weighted by Crippen LogP contribution is -2.19. The summed E-state index contributed by atoms with van der Waals surface area (Å²) in [5.74, 6) is -0.261. The number of rotatable bonds is 3. The summed E-state index contributed by atoms with van der Waals surface area (Å²) in [4.78, 5) is 22.4. The molecule has 0 atom stereocenters. The minimum Gasteiger partial charge on any atom is -0.504 e. The van der Waals surface area contributed by atoms with E-state index < -0.39 is 0 Å². The molecule has 0 spiro atoms. The zero-order valence-corrected chi connectivity index (χ0v) is 9.90. The second kappa shape index (κ2) is 4.91. The predicted octanol–water partition coefficient (Wildman–Crippen LogP) is 1.22. The summed E-state index contributed by atoms with van der Waals surface area (Å²) in [6.45, 7) is 2.25. The third-order valence-corrected chi connectivity index (χ3v) is 2.52. The Morgan fingerprint density at radius 1 is 1.44 bits per heavy atom. The Labute approximate surface area is 104 Å². The summed E-state index contributed by atoms with van der Waals surface area (Å²) in [5, 5.41) is 11.8. The molecule has 2 rings (SSSR count). The molecule has 1 aromatic rings. The van der Waals surface area contributed by atoms with Crippen molar-refractivity contribution in [3.05, 3.63) is 29.3 Å². The molecule has 1 aromatic carbocycles. The van der Waals surface area contributed by atoms with Crippen LogP contribution in [0.5, 0.6) is 11.5 Å². The van der Waals surface area contributed by atoms with Gasteiger partial charge in [-0.05, 0) is 30.7 Å². The van der Waals surface area contributed by atoms with Gasteiger partial charge in [-0.1, -0.05) is 6.07 Å². The Hall–Kier alpha value is -2.30. The van der Waals surface area contributed by atoms with Crippen molar-refractivity contribution in [1.82, 2.24) is 5.32 Å². The van der Waals surface area contributed by atoms with Gasteiger partial charge < -0.3 is 9.84 Å². The maximum atomic E-state index is 11.4. The number of phenolic OH excluding ortho intramolecular Hbond substituents is 1. The Bertz CT molecular complexity index is 534. The molecular formula is C13H13NO4. The van der Waals surface area contributed by atoms with Crippen LogP contribution in [-0.4, -0.2) is 23.5 Å². The molecule has 1 saturated heterocycles. The van der Waals surface area contributed by atoms with Gasteiger partial charge in [-0.15, -0.1) is 0 Å². The van der Waals surface area contributed by atoms with E-state index in [0.717, 1.165) is 0 Å². The van der Waals surface area contributed by atoms with Crippen molar-refractivity contribution in [2.45, 2.75) is 13.3 Å². The van der Waals surface area contributed by atoms with Crippen LogP contribution in [0.2, 0.25) is 0 Å². The smallest absolute Gasteiger partial charge is 0.254 e. The fourth-order valence-electron chi connectivity index (χ4n) is 1.71. The summed E-state index contributed by atoms with van der Waals surface area (Å²) < 4.78 is 5.24. The van der Waals surface area contributed by atoms with Gasteiger partial charge in [0.05, 0.1) is 13.0 Å². The molecule has 0 saturated carbocycles. The first kappa shape index (κ1) is 12.2. The van der Waals surface area contributed by atoms with Gasteiger partial charge >= 0.3 is 0 Å². The van der Waals surface area contributed by atoms with E-state index in [1.165, 1.54) is 6.07 Å². The lowest BCUT2D eigenvalue weighted by atomic mass is 10.1. The van der Waals surface area contributed by atoms with Gasteiger partial charge in [0.15, 0.2) is 11.5 Å². The molecule has 5 nitrogen and oxygen atoms in total. The van der Waals surface area contributed by atoms with E-state index in [9.17, 15) is 14.7 Å². The van der Waals surface area contributed by atoms with Crippen molar-refractivity contribution in [1.29, 1.82) is 0 Å². The molecule has 94 valence electrons. The first-order valence-electron chi connectivity index (χ1n) is 5.60. The van der Waals surface area contributed by atoms with Crippen molar-refractivity contribution in [3.63, 3.8) is 0 Å². The van der Waals surface area contributed by atoms with Gasteiger partial charge in [0.2, 0.25) is 5.91 Å². The number of aromatic hydroxyl groups is 1. The van der Waals surface area contributed by atoms with Crippen LogP contribution in [0.15, 0.2) is 23.8 Å². The predicted molar refractivity (Wildman–Crippen MR) is 65.0 cm³/mol. The molecule has 2 N–H and O–H groups in total. The highest BCUT2D eigenvalue weighted by atomic mass is 16.5. The number of carbonyl (C=O) groups is 2. The van der Waals surface area contributed by atoms with Gasteiger partial charge in [-0.3, -0.25) is 14.9 Å². The number of nitrogens with one attached hydrogen (secondary N) is 1. The summed E-state index contributed by atoms with van der Waals surface area (Å²) in [6.07, 6.45) is 1.70. The van der Waals surface area contributed by atoms with Gasteiger partial charge in [0.1, 0.15) is 0 Å². The third-order valence-electron chi connectivity index (χ3n) is 2.52. The van der Waals surface area contributed by atoms with Crippen LogP contribution >= 0.6 is 0 Å². The van der Waals surface area contributed by atoms with E-state index in [1.807, 2.05) is 6.92 Å². The molecule has 18 heavy (non-hydrogen) atoms. The lowest BCUT2D eigenvalue weighted by Gasteiger charge is -2.06. The number of imide groups is 1. The standard InChI is InChI=1S/C13H13NO4/c1-2-18-11-6-8(3-4-10(11)15)5-9-7-12(16)14-13(9)17/h3-6,15H,2,7H2,1H3,(H,14,16,17)/b9-5+. The molecule has 0 aromatic heterocycles. The molecule has 0 aliphatic carbocycles. The number of amides is 2. The zero-order chi connectivity index (χ0) is 13.1. The van der Waals surface area contributed by atoms with Crippen LogP contribution in [0, 0.1) is 0 Å². The molecule has 0 radical (unpaired) electrons. The van der Waals surface area contributed by atoms with Gasteiger partial charge in [0, 0.05) is 5.57 Å². The quantitative estimate of drug-likeness (QED) is 0.622. The Balaban J connectivity index is 2.29. The monoisotopic (exact) mass is 247 g/mol. The molecule has 1 heterocycles. The van der Waals surface area contributed by atoms with E-state index in [4.69, 9.17) is 4.74 Å².